The Morgan fingerprint density at radius 2 is 1.95 bits per heavy atom. The Morgan fingerprint density at radius 3 is 2.62 bits per heavy atom. The maximum Gasteiger partial charge on any atom is 0.242 e. The summed E-state index contributed by atoms with van der Waals surface area (Å²) in [7, 11) is -2.15. The molecule has 0 bridgehead atoms. The molecule has 0 saturated carbocycles. The van der Waals surface area contributed by atoms with E-state index in [-0.39, 0.29) is 16.5 Å². The van der Waals surface area contributed by atoms with Crippen LogP contribution in [0.15, 0.2) is 51.8 Å². The van der Waals surface area contributed by atoms with Crippen molar-refractivity contribution >= 4 is 37.6 Å². The van der Waals surface area contributed by atoms with Crippen molar-refractivity contribution < 1.29 is 13.2 Å². The minimum atomic E-state index is -3.69. The Bertz CT molecular complexity index is 750. The lowest BCUT2D eigenvalue weighted by atomic mass is 10.2. The molecule has 7 heteroatoms. The van der Waals surface area contributed by atoms with E-state index in [9.17, 15) is 8.42 Å². The molecule has 0 amide bonds. The summed E-state index contributed by atoms with van der Waals surface area (Å²) < 4.78 is 33.0. The average molecular weight is 391 g/mol. The normalized spacial score (nSPS) is 11.4. The molecule has 0 saturated heterocycles. The monoisotopic (exact) mass is 389 g/mol. The quantitative estimate of drug-likeness (QED) is 0.849. The average Bonchev–Trinajstić information content (AvgIpc) is 2.45. The lowest BCUT2D eigenvalue weighted by Crippen LogP contribution is -2.23. The van der Waals surface area contributed by atoms with Crippen LogP contribution >= 0.6 is 27.5 Å². The van der Waals surface area contributed by atoms with Crippen LogP contribution in [-0.4, -0.2) is 15.5 Å². The molecule has 2 rings (SSSR count). The fourth-order valence-corrected chi connectivity index (χ4v) is 3.83. The molecule has 4 nitrogen and oxygen atoms in total. The molecule has 0 aliphatic carbocycles. The van der Waals surface area contributed by atoms with E-state index in [1.54, 1.807) is 31.4 Å². The first kappa shape index (κ1) is 16.3. The van der Waals surface area contributed by atoms with Gasteiger partial charge in [-0.05, 0) is 24.3 Å². The number of halogens is 2. The van der Waals surface area contributed by atoms with Crippen molar-refractivity contribution in [2.45, 2.75) is 11.4 Å². The minimum Gasteiger partial charge on any atom is -0.496 e. The van der Waals surface area contributed by atoms with Crippen molar-refractivity contribution in [1.82, 2.24) is 4.72 Å². The third kappa shape index (κ3) is 3.97. The van der Waals surface area contributed by atoms with Gasteiger partial charge in [0.1, 0.15) is 10.6 Å². The number of methoxy groups -OCH3 is 1. The molecule has 0 unspecified atom stereocenters. The number of para-hydroxylation sites is 1. The Kier molecular flexibility index (Phi) is 5.27. The number of hydrogen-bond donors (Lipinski definition) is 1. The number of hydrogen-bond acceptors (Lipinski definition) is 3. The third-order valence-electron chi connectivity index (χ3n) is 2.83. The molecule has 2 aromatic rings. The SMILES string of the molecule is COc1ccccc1CNS(=O)(=O)c1ccc(Br)cc1Cl. The highest BCUT2D eigenvalue weighted by atomic mass is 79.9. The van der Waals surface area contributed by atoms with Crippen LogP contribution in [0.25, 0.3) is 0 Å². The number of benzene rings is 2. The molecular weight excluding hydrogens is 378 g/mol. The van der Waals surface area contributed by atoms with E-state index in [1.807, 2.05) is 12.1 Å². The van der Waals surface area contributed by atoms with Gasteiger partial charge in [0.25, 0.3) is 0 Å². The van der Waals surface area contributed by atoms with Gasteiger partial charge in [0.05, 0.1) is 12.1 Å². The molecule has 0 fully saturated rings. The van der Waals surface area contributed by atoms with Crippen molar-refractivity contribution in [1.29, 1.82) is 0 Å². The van der Waals surface area contributed by atoms with Gasteiger partial charge < -0.3 is 4.74 Å². The number of ether oxygens (including phenoxy) is 1. The first-order valence-corrected chi connectivity index (χ1v) is 8.66. The zero-order valence-corrected chi connectivity index (χ0v) is 14.3. The molecular formula is C14H13BrClNO3S. The Hall–Kier alpha value is -1.08. The van der Waals surface area contributed by atoms with Crippen LogP contribution in [0.1, 0.15) is 5.56 Å². The van der Waals surface area contributed by atoms with Gasteiger partial charge in [0.2, 0.25) is 10.0 Å². The van der Waals surface area contributed by atoms with Crippen molar-refractivity contribution in [3.63, 3.8) is 0 Å². The lowest BCUT2D eigenvalue weighted by Gasteiger charge is -2.11. The molecule has 0 aromatic heterocycles. The van der Waals surface area contributed by atoms with Crippen LogP contribution in [0, 0.1) is 0 Å². The fourth-order valence-electron chi connectivity index (χ4n) is 1.79. The summed E-state index contributed by atoms with van der Waals surface area (Å²) in [5.74, 6) is 0.627. The lowest BCUT2D eigenvalue weighted by molar-refractivity contribution is 0.409. The largest absolute Gasteiger partial charge is 0.496 e. The zero-order valence-electron chi connectivity index (χ0n) is 11.1. The van der Waals surface area contributed by atoms with Gasteiger partial charge in [-0.3, -0.25) is 0 Å². The maximum absolute atomic E-state index is 12.3. The Morgan fingerprint density at radius 1 is 1.24 bits per heavy atom. The van der Waals surface area contributed by atoms with Crippen molar-refractivity contribution in [3.8, 4) is 5.75 Å². The highest BCUT2D eigenvalue weighted by Crippen LogP contribution is 2.25. The van der Waals surface area contributed by atoms with Crippen LogP contribution < -0.4 is 9.46 Å². The molecule has 0 heterocycles. The maximum atomic E-state index is 12.3. The highest BCUT2D eigenvalue weighted by Gasteiger charge is 2.18. The van der Waals surface area contributed by atoms with Gasteiger partial charge in [-0.25, -0.2) is 13.1 Å². The van der Waals surface area contributed by atoms with Gasteiger partial charge in [-0.2, -0.15) is 0 Å². The van der Waals surface area contributed by atoms with Crippen molar-refractivity contribution in [2.24, 2.45) is 0 Å². The Balaban J connectivity index is 2.22. The van der Waals surface area contributed by atoms with E-state index < -0.39 is 10.0 Å². The van der Waals surface area contributed by atoms with E-state index in [1.165, 1.54) is 6.07 Å². The number of sulfonamides is 1. The third-order valence-corrected chi connectivity index (χ3v) is 5.21. The van der Waals surface area contributed by atoms with Gasteiger partial charge in [-0.1, -0.05) is 45.7 Å². The zero-order chi connectivity index (χ0) is 15.5. The standard InChI is InChI=1S/C14H13BrClNO3S/c1-20-13-5-3-2-4-10(13)9-17-21(18,19)14-7-6-11(15)8-12(14)16/h2-8,17H,9H2,1H3. The molecule has 0 radical (unpaired) electrons. The van der Waals surface area contributed by atoms with Crippen molar-refractivity contribution in [3.05, 3.63) is 57.5 Å². The number of nitrogens with one attached hydrogen (secondary N) is 1. The van der Waals surface area contributed by atoms with E-state index in [0.29, 0.717) is 5.75 Å². The second kappa shape index (κ2) is 6.79. The second-order valence-electron chi connectivity index (χ2n) is 4.21. The van der Waals surface area contributed by atoms with E-state index in [2.05, 4.69) is 20.7 Å². The van der Waals surface area contributed by atoms with E-state index in [4.69, 9.17) is 16.3 Å². The molecule has 1 N–H and O–H groups in total. The summed E-state index contributed by atoms with van der Waals surface area (Å²) in [5.41, 5.74) is 0.747. The van der Waals surface area contributed by atoms with Crippen LogP contribution in [0.5, 0.6) is 5.75 Å². The van der Waals surface area contributed by atoms with Crippen LogP contribution in [0.4, 0.5) is 0 Å². The first-order valence-electron chi connectivity index (χ1n) is 6.00. The molecule has 0 aliphatic heterocycles. The van der Waals surface area contributed by atoms with E-state index in [0.717, 1.165) is 10.0 Å². The summed E-state index contributed by atoms with van der Waals surface area (Å²) in [6, 6.07) is 11.8. The first-order chi connectivity index (χ1) is 9.94. The molecule has 21 heavy (non-hydrogen) atoms. The molecule has 2 aromatic carbocycles. The highest BCUT2D eigenvalue weighted by molar-refractivity contribution is 9.10. The van der Waals surface area contributed by atoms with Crippen molar-refractivity contribution in [2.75, 3.05) is 7.11 Å². The summed E-state index contributed by atoms with van der Waals surface area (Å²) >= 11 is 9.22. The number of rotatable bonds is 5. The van der Waals surface area contributed by atoms with Crippen LogP contribution in [0.2, 0.25) is 5.02 Å². The molecule has 112 valence electrons. The van der Waals surface area contributed by atoms with Gasteiger partial charge in [0.15, 0.2) is 0 Å². The molecule has 0 aliphatic rings. The molecule has 0 spiro atoms. The van der Waals surface area contributed by atoms with Gasteiger partial charge in [-0.15, -0.1) is 0 Å². The van der Waals surface area contributed by atoms with Gasteiger partial charge >= 0.3 is 0 Å². The van der Waals surface area contributed by atoms with E-state index >= 15 is 0 Å². The summed E-state index contributed by atoms with van der Waals surface area (Å²) in [6.07, 6.45) is 0. The summed E-state index contributed by atoms with van der Waals surface area (Å²) in [6.45, 7) is 0.124. The predicted molar refractivity (Wildman–Crippen MR) is 86.2 cm³/mol. The summed E-state index contributed by atoms with van der Waals surface area (Å²) in [4.78, 5) is 0.0438. The predicted octanol–water partition coefficient (Wildman–Crippen LogP) is 3.59. The van der Waals surface area contributed by atoms with Crippen LogP contribution in [-0.2, 0) is 16.6 Å². The fraction of sp³-hybridized carbons (Fsp3) is 0.143. The summed E-state index contributed by atoms with van der Waals surface area (Å²) in [5, 5.41) is 0.164. The topological polar surface area (TPSA) is 55.4 Å². The second-order valence-corrected chi connectivity index (χ2v) is 7.27. The molecule has 0 atom stereocenters. The Labute approximate surface area is 137 Å². The van der Waals surface area contributed by atoms with Gasteiger partial charge in [0, 0.05) is 16.6 Å². The minimum absolute atomic E-state index is 0.0438. The smallest absolute Gasteiger partial charge is 0.242 e. The van der Waals surface area contributed by atoms with Crippen LogP contribution in [0.3, 0.4) is 0 Å².